The van der Waals surface area contributed by atoms with E-state index in [0.29, 0.717) is 12.0 Å². The maximum Gasteiger partial charge on any atom is 0.310 e. The Balaban J connectivity index is 2.17. The van der Waals surface area contributed by atoms with Crippen molar-refractivity contribution in [1.29, 1.82) is 5.26 Å². The van der Waals surface area contributed by atoms with Crippen molar-refractivity contribution in [3.8, 4) is 6.07 Å². The third-order valence-electron chi connectivity index (χ3n) is 5.30. The van der Waals surface area contributed by atoms with Crippen LogP contribution < -0.4 is 0 Å². The maximum atomic E-state index is 14.2. The number of carbonyl (C=O) groups is 1. The van der Waals surface area contributed by atoms with Crippen molar-refractivity contribution >= 4 is 5.97 Å². The van der Waals surface area contributed by atoms with Crippen molar-refractivity contribution in [2.75, 3.05) is 7.11 Å². The number of nitrogens with zero attached hydrogens (tertiary/aromatic N) is 1. The molecule has 2 unspecified atom stereocenters. The van der Waals surface area contributed by atoms with Crippen molar-refractivity contribution < 1.29 is 31.8 Å². The van der Waals surface area contributed by atoms with Gasteiger partial charge in [-0.25, -0.2) is 17.6 Å². The summed E-state index contributed by atoms with van der Waals surface area (Å²) in [6.07, 6.45) is 3.07. The summed E-state index contributed by atoms with van der Waals surface area (Å²) >= 11 is 0. The first kappa shape index (κ1) is 22.9. The number of rotatable bonds is 8. The number of nitriles is 1. The molecule has 1 fully saturated rings. The lowest BCUT2D eigenvalue weighted by Crippen LogP contribution is -2.15. The molecule has 1 aliphatic carbocycles. The van der Waals surface area contributed by atoms with Crippen LogP contribution in [0, 0.1) is 51.9 Å². The van der Waals surface area contributed by atoms with Crippen molar-refractivity contribution in [2.45, 2.75) is 46.8 Å². The van der Waals surface area contributed by atoms with E-state index in [4.69, 9.17) is 10.00 Å². The molecular weight excluding hydrogens is 390 g/mol. The van der Waals surface area contributed by atoms with E-state index in [0.717, 1.165) is 13.5 Å². The van der Waals surface area contributed by atoms with E-state index in [1.165, 1.54) is 0 Å². The Bertz CT molecular complexity index is 845. The Morgan fingerprint density at radius 3 is 2.07 bits per heavy atom. The summed E-state index contributed by atoms with van der Waals surface area (Å²) < 4.78 is 65.8. The molecule has 4 nitrogen and oxygen atoms in total. The minimum Gasteiger partial charge on any atom is -0.460 e. The molecule has 0 amide bonds. The third kappa shape index (κ3) is 4.45. The van der Waals surface area contributed by atoms with Gasteiger partial charge in [0.05, 0.1) is 29.7 Å². The average molecular weight is 413 g/mol. The Hall–Kier alpha value is -2.40. The molecule has 8 heteroatoms. The summed E-state index contributed by atoms with van der Waals surface area (Å²) in [5.41, 5.74) is -1.81. The van der Waals surface area contributed by atoms with Gasteiger partial charge in [-0.3, -0.25) is 4.79 Å². The van der Waals surface area contributed by atoms with Gasteiger partial charge in [0.15, 0.2) is 23.3 Å². The molecule has 1 aliphatic rings. The molecular formula is C21H23F4NO3. The number of methoxy groups -OCH3 is 1. The van der Waals surface area contributed by atoms with Crippen LogP contribution >= 0.6 is 0 Å². The Labute approximate surface area is 167 Å². The minimum atomic E-state index is -1.62. The predicted octanol–water partition coefficient (Wildman–Crippen LogP) is 4.95. The zero-order valence-corrected chi connectivity index (χ0v) is 16.7. The zero-order chi connectivity index (χ0) is 21.9. The van der Waals surface area contributed by atoms with E-state index < -0.39 is 64.9 Å². The zero-order valence-electron chi connectivity index (χ0n) is 16.7. The van der Waals surface area contributed by atoms with Gasteiger partial charge in [-0.15, -0.1) is 0 Å². The first-order valence-electron chi connectivity index (χ1n) is 9.21. The second-order valence-corrected chi connectivity index (χ2v) is 7.63. The van der Waals surface area contributed by atoms with Gasteiger partial charge in [0.25, 0.3) is 0 Å². The van der Waals surface area contributed by atoms with E-state index in [1.807, 2.05) is 6.92 Å². The first-order chi connectivity index (χ1) is 13.6. The van der Waals surface area contributed by atoms with Gasteiger partial charge in [-0.2, -0.15) is 5.26 Å². The molecule has 0 spiro atoms. The lowest BCUT2D eigenvalue weighted by atomic mass is 10.1. The summed E-state index contributed by atoms with van der Waals surface area (Å²) in [5, 5.41) is 9.16. The van der Waals surface area contributed by atoms with Gasteiger partial charge < -0.3 is 9.47 Å². The SMILES string of the molecule is CCC/C(C#N)=C/C1C(C(=O)OCc2c(F)c(F)c(COC)c(F)c2F)C1(C)C. The Kier molecular flexibility index (Phi) is 7.06. The molecule has 1 aromatic carbocycles. The quantitative estimate of drug-likeness (QED) is 0.262. The third-order valence-corrected chi connectivity index (χ3v) is 5.30. The average Bonchev–Trinajstić information content (AvgIpc) is 3.22. The van der Waals surface area contributed by atoms with Gasteiger partial charge in [0.2, 0.25) is 0 Å². The summed E-state index contributed by atoms with van der Waals surface area (Å²) in [5.74, 6) is -8.02. The molecule has 0 radical (unpaired) electrons. The van der Waals surface area contributed by atoms with E-state index >= 15 is 0 Å². The Morgan fingerprint density at radius 2 is 1.62 bits per heavy atom. The van der Waals surface area contributed by atoms with Crippen molar-refractivity contribution in [2.24, 2.45) is 17.3 Å². The molecule has 0 aromatic heterocycles. The van der Waals surface area contributed by atoms with Crippen molar-refractivity contribution in [3.05, 3.63) is 46.0 Å². The Morgan fingerprint density at radius 1 is 1.10 bits per heavy atom. The second kappa shape index (κ2) is 8.95. The number of hydrogen-bond acceptors (Lipinski definition) is 4. The van der Waals surface area contributed by atoms with E-state index in [-0.39, 0.29) is 5.92 Å². The maximum absolute atomic E-state index is 14.2. The number of allylic oxidation sites excluding steroid dienone is 2. The highest BCUT2D eigenvalue weighted by Crippen LogP contribution is 2.60. The molecule has 29 heavy (non-hydrogen) atoms. The standard InChI is InChI=1S/C21H23F4NO3/c1-5-6-11(8-26)7-14-15(21(14,2)3)20(27)29-10-13-18(24)16(22)12(9-28-4)17(23)19(13)25/h7,14-15H,5-6,9-10H2,1-4H3/b11-7-. The number of esters is 1. The second-order valence-electron chi connectivity index (χ2n) is 7.63. The molecule has 1 saturated carbocycles. The highest BCUT2D eigenvalue weighted by Gasteiger charge is 2.61. The smallest absolute Gasteiger partial charge is 0.310 e. The molecule has 0 aliphatic heterocycles. The lowest BCUT2D eigenvalue weighted by molar-refractivity contribution is -0.147. The molecule has 158 valence electrons. The summed E-state index contributed by atoms with van der Waals surface area (Å²) in [7, 11) is 1.13. The van der Waals surface area contributed by atoms with Crippen LogP contribution in [0.4, 0.5) is 17.6 Å². The number of ether oxygens (including phenoxy) is 2. The van der Waals surface area contributed by atoms with Crippen molar-refractivity contribution in [3.63, 3.8) is 0 Å². The summed E-state index contributed by atoms with van der Waals surface area (Å²) in [6.45, 7) is 3.95. The normalized spacial score (nSPS) is 20.3. The summed E-state index contributed by atoms with van der Waals surface area (Å²) in [6, 6.07) is 2.09. The number of hydrogen-bond donors (Lipinski definition) is 0. The van der Waals surface area contributed by atoms with Crippen LogP contribution in [0.1, 0.15) is 44.7 Å². The topological polar surface area (TPSA) is 59.3 Å². The van der Waals surface area contributed by atoms with Crippen LogP contribution in [-0.4, -0.2) is 13.1 Å². The molecule has 2 rings (SSSR count). The van der Waals surface area contributed by atoms with Crippen LogP contribution in [0.2, 0.25) is 0 Å². The van der Waals surface area contributed by atoms with Crippen LogP contribution in [0.5, 0.6) is 0 Å². The van der Waals surface area contributed by atoms with Gasteiger partial charge in [0.1, 0.15) is 6.61 Å². The van der Waals surface area contributed by atoms with Crippen LogP contribution in [0.3, 0.4) is 0 Å². The van der Waals surface area contributed by atoms with E-state index in [9.17, 15) is 22.4 Å². The fourth-order valence-corrected chi connectivity index (χ4v) is 3.45. The summed E-state index contributed by atoms with van der Waals surface area (Å²) in [4.78, 5) is 12.4. The fourth-order valence-electron chi connectivity index (χ4n) is 3.45. The van der Waals surface area contributed by atoms with Crippen LogP contribution in [0.15, 0.2) is 11.6 Å². The molecule has 0 saturated heterocycles. The highest BCUT2D eigenvalue weighted by molar-refractivity contribution is 5.78. The molecule has 2 atom stereocenters. The van der Waals surface area contributed by atoms with E-state index in [2.05, 4.69) is 10.8 Å². The number of halogens is 4. The van der Waals surface area contributed by atoms with Gasteiger partial charge in [0, 0.05) is 12.7 Å². The lowest BCUT2D eigenvalue weighted by Gasteiger charge is -2.12. The van der Waals surface area contributed by atoms with Gasteiger partial charge in [-0.1, -0.05) is 33.3 Å². The van der Waals surface area contributed by atoms with Gasteiger partial charge >= 0.3 is 5.97 Å². The molecule has 1 aromatic rings. The van der Waals surface area contributed by atoms with Crippen LogP contribution in [0.25, 0.3) is 0 Å². The first-order valence-corrected chi connectivity index (χ1v) is 9.21. The predicted molar refractivity (Wildman–Crippen MR) is 96.1 cm³/mol. The molecule has 0 heterocycles. The number of carbonyl (C=O) groups excluding carboxylic acids is 1. The molecule has 0 N–H and O–H groups in total. The fraction of sp³-hybridized carbons (Fsp3) is 0.524. The van der Waals surface area contributed by atoms with Crippen molar-refractivity contribution in [1.82, 2.24) is 0 Å². The highest BCUT2D eigenvalue weighted by atomic mass is 19.2. The molecule has 0 bridgehead atoms. The van der Waals surface area contributed by atoms with Gasteiger partial charge in [-0.05, 0) is 17.8 Å². The number of benzene rings is 1. The van der Waals surface area contributed by atoms with Crippen LogP contribution in [-0.2, 0) is 27.5 Å². The monoisotopic (exact) mass is 413 g/mol. The van der Waals surface area contributed by atoms with E-state index in [1.54, 1.807) is 19.9 Å². The minimum absolute atomic E-state index is 0.261. The largest absolute Gasteiger partial charge is 0.460 e.